The Hall–Kier alpha value is -2.56. The number of hydrogen-bond donors (Lipinski definition) is 2. The summed E-state index contributed by atoms with van der Waals surface area (Å²) in [6.07, 6.45) is 0.0811. The first-order valence-corrected chi connectivity index (χ1v) is 6.07. The number of hydrogen-bond acceptors (Lipinski definition) is 3. The minimum Gasteiger partial charge on any atom is -0.496 e. The number of methoxy groups -OCH3 is 1. The van der Waals surface area contributed by atoms with Crippen LogP contribution in [0.3, 0.4) is 0 Å². The lowest BCUT2D eigenvalue weighted by Crippen LogP contribution is -2.17. The van der Waals surface area contributed by atoms with Crippen LogP contribution in [0.25, 0.3) is 0 Å². The van der Waals surface area contributed by atoms with Gasteiger partial charge in [0, 0.05) is 5.56 Å². The van der Waals surface area contributed by atoms with Gasteiger partial charge in [-0.15, -0.1) is 0 Å². The first-order valence-electron chi connectivity index (χ1n) is 6.07. The van der Waals surface area contributed by atoms with E-state index in [1.54, 1.807) is 12.1 Å². The van der Waals surface area contributed by atoms with Gasteiger partial charge in [0.15, 0.2) is 0 Å². The number of para-hydroxylation sites is 2. The van der Waals surface area contributed by atoms with E-state index in [-0.39, 0.29) is 23.7 Å². The van der Waals surface area contributed by atoms with Gasteiger partial charge >= 0.3 is 0 Å². The second-order valence-corrected chi connectivity index (χ2v) is 4.24. The van der Waals surface area contributed by atoms with Gasteiger partial charge in [-0.2, -0.15) is 0 Å². The number of rotatable bonds is 4. The Bertz CT molecular complexity index is 609. The Balaban J connectivity index is 2.13. The highest BCUT2D eigenvalue weighted by molar-refractivity contribution is 5.95. The topological polar surface area (TPSA) is 64.3 Å². The molecule has 2 aromatic rings. The number of nitrogen functional groups attached to an aromatic ring is 1. The van der Waals surface area contributed by atoms with Gasteiger partial charge in [0.1, 0.15) is 17.3 Å². The third kappa shape index (κ3) is 3.06. The minimum atomic E-state index is -0.557. The van der Waals surface area contributed by atoms with E-state index in [2.05, 4.69) is 5.32 Å². The number of ether oxygens (including phenoxy) is 1. The molecule has 3 N–H and O–H groups in total. The molecule has 0 unspecified atom stereocenters. The average Bonchev–Trinajstić information content (AvgIpc) is 2.44. The SMILES string of the molecule is COc1ccccc1CC(=O)Nc1c(N)cccc1F. The van der Waals surface area contributed by atoms with Crippen LogP contribution in [0.5, 0.6) is 5.75 Å². The summed E-state index contributed by atoms with van der Waals surface area (Å²) >= 11 is 0. The van der Waals surface area contributed by atoms with Crippen molar-refractivity contribution in [3.63, 3.8) is 0 Å². The van der Waals surface area contributed by atoms with E-state index in [0.29, 0.717) is 5.75 Å². The average molecular weight is 274 g/mol. The van der Waals surface area contributed by atoms with Gasteiger partial charge in [-0.1, -0.05) is 24.3 Å². The zero-order chi connectivity index (χ0) is 14.5. The molecule has 0 aliphatic carbocycles. The van der Waals surface area contributed by atoms with Crippen LogP contribution in [0.4, 0.5) is 15.8 Å². The second kappa shape index (κ2) is 6.06. The number of amides is 1. The molecule has 0 aliphatic rings. The predicted octanol–water partition coefficient (Wildman–Crippen LogP) is 2.60. The van der Waals surface area contributed by atoms with Crippen molar-refractivity contribution in [1.29, 1.82) is 0 Å². The number of carbonyl (C=O) groups excluding carboxylic acids is 1. The highest BCUT2D eigenvalue weighted by Gasteiger charge is 2.12. The molecule has 0 heterocycles. The van der Waals surface area contributed by atoms with Crippen LogP contribution in [0.1, 0.15) is 5.56 Å². The Labute approximate surface area is 116 Å². The van der Waals surface area contributed by atoms with Crippen molar-refractivity contribution < 1.29 is 13.9 Å². The smallest absolute Gasteiger partial charge is 0.229 e. The number of nitrogens with two attached hydrogens (primary N) is 1. The molecule has 5 heteroatoms. The zero-order valence-corrected chi connectivity index (χ0v) is 11.0. The molecule has 0 spiro atoms. The van der Waals surface area contributed by atoms with Crippen LogP contribution in [0, 0.1) is 5.82 Å². The molecule has 104 valence electrons. The molecule has 20 heavy (non-hydrogen) atoms. The normalized spacial score (nSPS) is 10.1. The number of anilines is 2. The predicted molar refractivity (Wildman–Crippen MR) is 76.1 cm³/mol. The molecule has 2 rings (SSSR count). The summed E-state index contributed by atoms with van der Waals surface area (Å²) in [5.41, 5.74) is 6.56. The molecular formula is C15H15FN2O2. The Kier molecular flexibility index (Phi) is 4.20. The summed E-state index contributed by atoms with van der Waals surface area (Å²) in [4.78, 5) is 12.0. The van der Waals surface area contributed by atoms with Gasteiger partial charge in [-0.25, -0.2) is 4.39 Å². The number of benzene rings is 2. The van der Waals surface area contributed by atoms with Gasteiger partial charge < -0.3 is 15.8 Å². The van der Waals surface area contributed by atoms with E-state index in [9.17, 15) is 9.18 Å². The molecule has 0 fully saturated rings. The molecule has 4 nitrogen and oxygen atoms in total. The van der Waals surface area contributed by atoms with Crippen molar-refractivity contribution >= 4 is 17.3 Å². The fourth-order valence-corrected chi connectivity index (χ4v) is 1.88. The molecule has 0 aromatic heterocycles. The van der Waals surface area contributed by atoms with Gasteiger partial charge in [0.25, 0.3) is 0 Å². The Morgan fingerprint density at radius 1 is 1.25 bits per heavy atom. The maximum Gasteiger partial charge on any atom is 0.229 e. The standard InChI is InChI=1S/C15H15FN2O2/c1-20-13-8-3-2-5-10(13)9-14(19)18-15-11(16)6-4-7-12(15)17/h2-8H,9,17H2,1H3,(H,18,19). The maximum absolute atomic E-state index is 13.6. The van der Waals surface area contributed by atoms with Crippen LogP contribution >= 0.6 is 0 Å². The van der Waals surface area contributed by atoms with E-state index in [1.807, 2.05) is 12.1 Å². The van der Waals surface area contributed by atoms with Gasteiger partial charge in [-0.3, -0.25) is 4.79 Å². The van der Waals surface area contributed by atoms with Crippen LogP contribution in [-0.4, -0.2) is 13.0 Å². The summed E-state index contributed by atoms with van der Waals surface area (Å²) in [5.74, 6) is -0.297. The summed E-state index contributed by atoms with van der Waals surface area (Å²) in [6, 6.07) is 11.4. The highest BCUT2D eigenvalue weighted by atomic mass is 19.1. The minimum absolute atomic E-state index is 0.00685. The lowest BCUT2D eigenvalue weighted by molar-refractivity contribution is -0.115. The molecule has 2 aromatic carbocycles. The van der Waals surface area contributed by atoms with Gasteiger partial charge in [0.2, 0.25) is 5.91 Å². The molecule has 0 aliphatic heterocycles. The first-order chi connectivity index (χ1) is 9.61. The van der Waals surface area contributed by atoms with E-state index >= 15 is 0 Å². The van der Waals surface area contributed by atoms with Crippen molar-refractivity contribution in [3.05, 3.63) is 53.8 Å². The van der Waals surface area contributed by atoms with E-state index in [1.165, 1.54) is 25.3 Å². The fourth-order valence-electron chi connectivity index (χ4n) is 1.88. The molecule has 0 saturated carbocycles. The Morgan fingerprint density at radius 2 is 2.00 bits per heavy atom. The summed E-state index contributed by atoms with van der Waals surface area (Å²) < 4.78 is 18.7. The summed E-state index contributed by atoms with van der Waals surface area (Å²) in [5, 5.41) is 2.48. The highest BCUT2D eigenvalue weighted by Crippen LogP contribution is 2.23. The second-order valence-electron chi connectivity index (χ2n) is 4.24. The molecule has 0 radical (unpaired) electrons. The van der Waals surface area contributed by atoms with Crippen LogP contribution in [0.15, 0.2) is 42.5 Å². The molecule has 0 bridgehead atoms. The largest absolute Gasteiger partial charge is 0.496 e. The summed E-state index contributed by atoms with van der Waals surface area (Å²) in [7, 11) is 1.53. The lowest BCUT2D eigenvalue weighted by Gasteiger charge is -2.11. The van der Waals surface area contributed by atoms with Crippen LogP contribution in [0.2, 0.25) is 0 Å². The van der Waals surface area contributed by atoms with Crippen LogP contribution in [-0.2, 0) is 11.2 Å². The Morgan fingerprint density at radius 3 is 2.70 bits per heavy atom. The van der Waals surface area contributed by atoms with Gasteiger partial charge in [-0.05, 0) is 18.2 Å². The lowest BCUT2D eigenvalue weighted by atomic mass is 10.1. The van der Waals surface area contributed by atoms with Crippen molar-refractivity contribution in [2.45, 2.75) is 6.42 Å². The van der Waals surface area contributed by atoms with Crippen LogP contribution < -0.4 is 15.8 Å². The monoisotopic (exact) mass is 274 g/mol. The van der Waals surface area contributed by atoms with Crippen molar-refractivity contribution in [1.82, 2.24) is 0 Å². The number of halogens is 1. The van der Waals surface area contributed by atoms with Gasteiger partial charge in [0.05, 0.1) is 19.2 Å². The molecular weight excluding hydrogens is 259 g/mol. The van der Waals surface area contributed by atoms with Crippen molar-refractivity contribution in [2.75, 3.05) is 18.2 Å². The van der Waals surface area contributed by atoms with E-state index < -0.39 is 5.82 Å². The zero-order valence-electron chi connectivity index (χ0n) is 11.0. The molecule has 1 amide bonds. The third-order valence-corrected chi connectivity index (χ3v) is 2.85. The molecule has 0 atom stereocenters. The summed E-state index contributed by atoms with van der Waals surface area (Å²) in [6.45, 7) is 0. The first kappa shape index (κ1) is 13.9. The fraction of sp³-hybridized carbons (Fsp3) is 0.133. The van der Waals surface area contributed by atoms with E-state index in [0.717, 1.165) is 5.56 Å². The maximum atomic E-state index is 13.6. The van der Waals surface area contributed by atoms with Crippen molar-refractivity contribution in [2.24, 2.45) is 0 Å². The number of nitrogens with one attached hydrogen (secondary N) is 1. The number of carbonyl (C=O) groups is 1. The third-order valence-electron chi connectivity index (χ3n) is 2.85. The molecule has 0 saturated heterocycles. The van der Waals surface area contributed by atoms with Crippen molar-refractivity contribution in [3.8, 4) is 5.75 Å². The van der Waals surface area contributed by atoms with E-state index in [4.69, 9.17) is 10.5 Å². The quantitative estimate of drug-likeness (QED) is 0.842.